The molecule has 0 radical (unpaired) electrons. The van der Waals surface area contributed by atoms with E-state index in [-0.39, 0.29) is 12.4 Å². The van der Waals surface area contributed by atoms with E-state index in [1.54, 1.807) is 24.3 Å². The summed E-state index contributed by atoms with van der Waals surface area (Å²) in [6, 6.07) is 11.9. The predicted molar refractivity (Wildman–Crippen MR) is 65.2 cm³/mol. The summed E-state index contributed by atoms with van der Waals surface area (Å²) in [6.45, 7) is 0.109. The highest BCUT2D eigenvalue weighted by Gasteiger charge is 2.15. The molecular formula is C14H13F2NO. The van der Waals surface area contributed by atoms with Gasteiger partial charge in [-0.3, -0.25) is 0 Å². The van der Waals surface area contributed by atoms with Gasteiger partial charge in [0, 0.05) is 18.2 Å². The van der Waals surface area contributed by atoms with Gasteiger partial charge in [0.2, 0.25) is 0 Å². The van der Waals surface area contributed by atoms with Crippen LogP contribution in [0.2, 0.25) is 0 Å². The maximum absolute atomic E-state index is 13.6. The summed E-state index contributed by atoms with van der Waals surface area (Å²) in [6.07, 6.45) is -0.631. The number of hydrogen-bond acceptors (Lipinski definition) is 2. The van der Waals surface area contributed by atoms with Crippen molar-refractivity contribution in [2.45, 2.75) is 6.10 Å². The lowest BCUT2D eigenvalue weighted by Crippen LogP contribution is -2.19. The molecule has 0 saturated heterocycles. The number of benzene rings is 2. The zero-order chi connectivity index (χ0) is 13.0. The Hall–Kier alpha value is -1.94. The highest BCUT2D eigenvalue weighted by molar-refractivity contribution is 5.26. The van der Waals surface area contributed by atoms with Gasteiger partial charge in [-0.2, -0.15) is 0 Å². The Morgan fingerprint density at radius 3 is 2.50 bits per heavy atom. The van der Waals surface area contributed by atoms with Gasteiger partial charge in [-0.25, -0.2) is 8.78 Å². The van der Waals surface area contributed by atoms with Crippen molar-refractivity contribution in [1.82, 2.24) is 0 Å². The van der Waals surface area contributed by atoms with E-state index in [1.807, 2.05) is 0 Å². The first-order valence-corrected chi connectivity index (χ1v) is 5.57. The zero-order valence-corrected chi connectivity index (χ0v) is 9.64. The lowest BCUT2D eigenvalue weighted by molar-refractivity contribution is 0.208. The maximum atomic E-state index is 13.6. The minimum absolute atomic E-state index is 0.109. The molecule has 2 aromatic carbocycles. The molecular weight excluding hydrogens is 236 g/mol. The van der Waals surface area contributed by atoms with Gasteiger partial charge in [-0.15, -0.1) is 0 Å². The first-order valence-electron chi connectivity index (χ1n) is 5.57. The molecule has 0 aliphatic rings. The van der Waals surface area contributed by atoms with Gasteiger partial charge < -0.3 is 10.5 Å². The van der Waals surface area contributed by atoms with Crippen molar-refractivity contribution in [3.8, 4) is 5.75 Å². The van der Waals surface area contributed by atoms with Crippen LogP contribution >= 0.6 is 0 Å². The Bertz CT molecular complexity index is 531. The van der Waals surface area contributed by atoms with E-state index in [1.165, 1.54) is 24.3 Å². The Labute approximate surface area is 104 Å². The van der Waals surface area contributed by atoms with Gasteiger partial charge in [-0.05, 0) is 18.2 Å². The van der Waals surface area contributed by atoms with E-state index in [0.29, 0.717) is 11.3 Å². The fraction of sp³-hybridized carbons (Fsp3) is 0.143. The van der Waals surface area contributed by atoms with E-state index in [0.717, 1.165) is 0 Å². The molecule has 4 heteroatoms. The Kier molecular flexibility index (Phi) is 3.89. The summed E-state index contributed by atoms with van der Waals surface area (Å²) in [5.74, 6) is -0.463. The Morgan fingerprint density at radius 1 is 1.06 bits per heavy atom. The van der Waals surface area contributed by atoms with E-state index >= 15 is 0 Å². The van der Waals surface area contributed by atoms with Crippen LogP contribution in [0.3, 0.4) is 0 Å². The van der Waals surface area contributed by atoms with Crippen LogP contribution in [0, 0.1) is 11.6 Å². The molecule has 1 atom stereocenters. The average molecular weight is 249 g/mol. The summed E-state index contributed by atoms with van der Waals surface area (Å²) in [5, 5.41) is 0. The van der Waals surface area contributed by atoms with Crippen molar-refractivity contribution in [1.29, 1.82) is 0 Å². The molecule has 0 heterocycles. The smallest absolute Gasteiger partial charge is 0.139 e. The van der Waals surface area contributed by atoms with Crippen LogP contribution < -0.4 is 10.5 Å². The molecule has 0 aromatic heterocycles. The number of hydrogen-bond donors (Lipinski definition) is 1. The monoisotopic (exact) mass is 249 g/mol. The van der Waals surface area contributed by atoms with E-state index in [4.69, 9.17) is 10.5 Å². The first-order chi connectivity index (χ1) is 8.70. The lowest BCUT2D eigenvalue weighted by atomic mass is 10.1. The van der Waals surface area contributed by atoms with Crippen molar-refractivity contribution in [2.24, 2.45) is 5.73 Å². The second-order valence-corrected chi connectivity index (χ2v) is 3.82. The van der Waals surface area contributed by atoms with Crippen LogP contribution in [-0.4, -0.2) is 6.54 Å². The van der Waals surface area contributed by atoms with Crippen LogP contribution in [0.1, 0.15) is 11.7 Å². The van der Waals surface area contributed by atoms with Crippen molar-refractivity contribution in [3.05, 3.63) is 65.7 Å². The van der Waals surface area contributed by atoms with Gasteiger partial charge in [0.05, 0.1) is 0 Å². The summed E-state index contributed by atoms with van der Waals surface area (Å²) < 4.78 is 32.1. The highest BCUT2D eigenvalue weighted by atomic mass is 19.1. The standard InChI is InChI=1S/C14H13F2NO/c15-10-4-3-5-11(8-10)18-14(9-17)12-6-1-2-7-13(12)16/h1-8,14H,9,17H2. The molecule has 0 bridgehead atoms. The SMILES string of the molecule is NCC(Oc1cccc(F)c1)c1ccccc1F. The van der Waals surface area contributed by atoms with Crippen molar-refractivity contribution < 1.29 is 13.5 Å². The van der Waals surface area contributed by atoms with E-state index < -0.39 is 11.9 Å². The minimum atomic E-state index is -0.631. The van der Waals surface area contributed by atoms with Gasteiger partial charge in [-0.1, -0.05) is 24.3 Å². The van der Waals surface area contributed by atoms with Crippen molar-refractivity contribution in [3.63, 3.8) is 0 Å². The summed E-state index contributed by atoms with van der Waals surface area (Å²) in [5.41, 5.74) is 5.94. The molecule has 1 unspecified atom stereocenters. The molecule has 2 N–H and O–H groups in total. The third-order valence-corrected chi connectivity index (χ3v) is 2.54. The minimum Gasteiger partial charge on any atom is -0.484 e. The quantitative estimate of drug-likeness (QED) is 0.903. The number of nitrogens with two attached hydrogens (primary N) is 1. The van der Waals surface area contributed by atoms with Crippen LogP contribution in [-0.2, 0) is 0 Å². The van der Waals surface area contributed by atoms with Crippen LogP contribution in [0.5, 0.6) is 5.75 Å². The zero-order valence-electron chi connectivity index (χ0n) is 9.64. The molecule has 2 nitrogen and oxygen atoms in total. The van der Waals surface area contributed by atoms with Crippen LogP contribution in [0.4, 0.5) is 8.78 Å². The molecule has 0 aliphatic carbocycles. The largest absolute Gasteiger partial charge is 0.484 e. The second-order valence-electron chi connectivity index (χ2n) is 3.82. The molecule has 18 heavy (non-hydrogen) atoms. The van der Waals surface area contributed by atoms with Gasteiger partial charge in [0.25, 0.3) is 0 Å². The first kappa shape index (κ1) is 12.5. The fourth-order valence-electron chi connectivity index (χ4n) is 1.68. The fourth-order valence-corrected chi connectivity index (χ4v) is 1.68. The summed E-state index contributed by atoms with van der Waals surface area (Å²) >= 11 is 0. The van der Waals surface area contributed by atoms with E-state index in [2.05, 4.69) is 0 Å². The third-order valence-electron chi connectivity index (χ3n) is 2.54. The number of ether oxygens (including phenoxy) is 1. The molecule has 94 valence electrons. The third kappa shape index (κ3) is 2.84. The molecule has 0 fully saturated rings. The van der Waals surface area contributed by atoms with Crippen molar-refractivity contribution >= 4 is 0 Å². The van der Waals surface area contributed by atoms with Crippen LogP contribution in [0.15, 0.2) is 48.5 Å². The lowest BCUT2D eigenvalue weighted by Gasteiger charge is -2.18. The average Bonchev–Trinajstić information content (AvgIpc) is 2.37. The highest BCUT2D eigenvalue weighted by Crippen LogP contribution is 2.23. The summed E-state index contributed by atoms with van der Waals surface area (Å²) in [7, 11) is 0. The van der Waals surface area contributed by atoms with Crippen molar-refractivity contribution in [2.75, 3.05) is 6.54 Å². The van der Waals surface area contributed by atoms with Gasteiger partial charge in [0.15, 0.2) is 0 Å². The second kappa shape index (κ2) is 5.60. The van der Waals surface area contributed by atoms with Gasteiger partial charge >= 0.3 is 0 Å². The Morgan fingerprint density at radius 2 is 1.83 bits per heavy atom. The Balaban J connectivity index is 2.23. The van der Waals surface area contributed by atoms with E-state index in [9.17, 15) is 8.78 Å². The molecule has 2 aromatic rings. The molecule has 0 aliphatic heterocycles. The number of rotatable bonds is 4. The molecule has 0 saturated carbocycles. The number of halogens is 2. The summed E-state index contributed by atoms with van der Waals surface area (Å²) in [4.78, 5) is 0. The predicted octanol–water partition coefficient (Wildman–Crippen LogP) is 3.04. The molecule has 2 rings (SSSR count). The maximum Gasteiger partial charge on any atom is 0.139 e. The van der Waals surface area contributed by atoms with Crippen LogP contribution in [0.25, 0.3) is 0 Å². The topological polar surface area (TPSA) is 35.2 Å². The molecule has 0 spiro atoms. The normalized spacial score (nSPS) is 12.2. The van der Waals surface area contributed by atoms with Gasteiger partial charge in [0.1, 0.15) is 23.5 Å². The molecule has 0 amide bonds.